The van der Waals surface area contributed by atoms with Crippen molar-refractivity contribution in [1.82, 2.24) is 10.6 Å². The largest absolute Gasteiger partial charge is 0.444 e. The van der Waals surface area contributed by atoms with E-state index in [1.807, 2.05) is 13.8 Å². The zero-order valence-corrected chi connectivity index (χ0v) is 14.6. The van der Waals surface area contributed by atoms with E-state index in [-0.39, 0.29) is 5.56 Å². The molecule has 0 radical (unpaired) electrons. The summed E-state index contributed by atoms with van der Waals surface area (Å²) < 4.78 is 32.2. The quantitative estimate of drug-likeness (QED) is 0.861. The molecule has 0 aliphatic carbocycles. The summed E-state index contributed by atoms with van der Waals surface area (Å²) in [7, 11) is 0. The SMILES string of the molecule is CC(NCC(C)(C)NC(=O)OC(C)(C)C)c1cc(F)ccc1F. The Labute approximate surface area is 136 Å². The summed E-state index contributed by atoms with van der Waals surface area (Å²) in [6, 6.07) is 2.96. The third-order valence-corrected chi connectivity index (χ3v) is 3.11. The van der Waals surface area contributed by atoms with E-state index in [1.54, 1.807) is 27.7 Å². The summed E-state index contributed by atoms with van der Waals surface area (Å²) in [5.41, 5.74) is -0.940. The van der Waals surface area contributed by atoms with E-state index in [1.165, 1.54) is 6.07 Å². The maximum atomic E-state index is 13.7. The lowest BCUT2D eigenvalue weighted by Gasteiger charge is -2.30. The van der Waals surface area contributed by atoms with Crippen molar-refractivity contribution in [3.05, 3.63) is 35.4 Å². The van der Waals surface area contributed by atoms with Crippen molar-refractivity contribution < 1.29 is 18.3 Å². The number of ether oxygens (including phenoxy) is 1. The van der Waals surface area contributed by atoms with E-state index < -0.39 is 34.9 Å². The van der Waals surface area contributed by atoms with Crippen molar-refractivity contribution in [3.63, 3.8) is 0 Å². The van der Waals surface area contributed by atoms with E-state index in [2.05, 4.69) is 10.6 Å². The van der Waals surface area contributed by atoms with Crippen molar-refractivity contribution in [1.29, 1.82) is 0 Å². The highest BCUT2D eigenvalue weighted by Crippen LogP contribution is 2.18. The average molecular weight is 328 g/mol. The molecule has 1 rings (SSSR count). The first kappa shape index (κ1) is 19.4. The molecule has 0 saturated heterocycles. The maximum absolute atomic E-state index is 13.7. The lowest BCUT2D eigenvalue weighted by atomic mass is 10.0. The van der Waals surface area contributed by atoms with Crippen molar-refractivity contribution in [2.75, 3.05) is 6.54 Å². The number of halogens is 2. The maximum Gasteiger partial charge on any atom is 0.408 e. The van der Waals surface area contributed by atoms with Crippen LogP contribution in [0.15, 0.2) is 18.2 Å². The molecule has 1 unspecified atom stereocenters. The molecule has 1 amide bonds. The number of carbonyl (C=O) groups is 1. The number of hydrogen-bond acceptors (Lipinski definition) is 3. The highest BCUT2D eigenvalue weighted by atomic mass is 19.1. The molecule has 4 nitrogen and oxygen atoms in total. The fourth-order valence-corrected chi connectivity index (χ4v) is 1.99. The fourth-order valence-electron chi connectivity index (χ4n) is 1.99. The molecule has 0 aliphatic heterocycles. The molecule has 0 bridgehead atoms. The first-order chi connectivity index (χ1) is 10.4. The molecule has 0 fully saturated rings. The molecule has 0 heterocycles. The summed E-state index contributed by atoms with van der Waals surface area (Å²) in [6.07, 6.45) is -0.520. The topological polar surface area (TPSA) is 50.4 Å². The molecule has 1 atom stereocenters. The van der Waals surface area contributed by atoms with Crippen molar-refractivity contribution in [2.45, 2.75) is 58.7 Å². The molecule has 6 heteroatoms. The summed E-state index contributed by atoms with van der Waals surface area (Å²) >= 11 is 0. The summed E-state index contributed by atoms with van der Waals surface area (Å²) in [4.78, 5) is 11.8. The normalized spacial score (nSPS) is 13.6. The molecular formula is C17H26F2N2O2. The van der Waals surface area contributed by atoms with Crippen LogP contribution in [0, 0.1) is 11.6 Å². The van der Waals surface area contributed by atoms with E-state index >= 15 is 0 Å². The van der Waals surface area contributed by atoms with Crippen LogP contribution in [-0.2, 0) is 4.74 Å². The van der Waals surface area contributed by atoms with Crippen LogP contribution in [-0.4, -0.2) is 23.8 Å². The van der Waals surface area contributed by atoms with Gasteiger partial charge in [-0.2, -0.15) is 0 Å². The minimum absolute atomic E-state index is 0.248. The van der Waals surface area contributed by atoms with E-state index in [4.69, 9.17) is 4.74 Å². The number of rotatable bonds is 5. The van der Waals surface area contributed by atoms with Gasteiger partial charge in [0, 0.05) is 18.2 Å². The van der Waals surface area contributed by atoms with Crippen molar-refractivity contribution in [3.8, 4) is 0 Å². The fraction of sp³-hybridized carbons (Fsp3) is 0.588. The van der Waals surface area contributed by atoms with Gasteiger partial charge in [-0.15, -0.1) is 0 Å². The monoisotopic (exact) mass is 328 g/mol. The lowest BCUT2D eigenvalue weighted by molar-refractivity contribution is 0.0471. The van der Waals surface area contributed by atoms with Gasteiger partial charge in [0.25, 0.3) is 0 Å². The van der Waals surface area contributed by atoms with E-state index in [0.29, 0.717) is 6.54 Å². The smallest absolute Gasteiger partial charge is 0.408 e. The minimum Gasteiger partial charge on any atom is -0.444 e. The van der Waals surface area contributed by atoms with Crippen LogP contribution in [0.5, 0.6) is 0 Å². The molecule has 0 aliphatic rings. The van der Waals surface area contributed by atoms with Crippen molar-refractivity contribution in [2.24, 2.45) is 0 Å². The Hall–Kier alpha value is -1.69. The molecule has 1 aromatic rings. The second-order valence-corrected chi connectivity index (χ2v) is 7.28. The highest BCUT2D eigenvalue weighted by Gasteiger charge is 2.25. The van der Waals surface area contributed by atoms with Crippen LogP contribution in [0.1, 0.15) is 53.1 Å². The zero-order valence-electron chi connectivity index (χ0n) is 14.6. The first-order valence-corrected chi connectivity index (χ1v) is 7.59. The molecule has 23 heavy (non-hydrogen) atoms. The first-order valence-electron chi connectivity index (χ1n) is 7.59. The van der Waals surface area contributed by atoms with Gasteiger partial charge in [-0.3, -0.25) is 0 Å². The van der Waals surface area contributed by atoms with Gasteiger partial charge in [0.2, 0.25) is 0 Å². The van der Waals surface area contributed by atoms with Gasteiger partial charge in [0.05, 0.1) is 5.54 Å². The van der Waals surface area contributed by atoms with E-state index in [0.717, 1.165) is 12.1 Å². The number of nitrogens with one attached hydrogen (secondary N) is 2. The molecule has 0 spiro atoms. The molecule has 1 aromatic carbocycles. The standard InChI is InChI=1S/C17H26F2N2O2/c1-11(13-9-12(18)7-8-14(13)19)20-10-17(5,6)21-15(22)23-16(2,3)4/h7-9,11,20H,10H2,1-6H3,(H,21,22). The average Bonchev–Trinajstić information content (AvgIpc) is 2.36. The molecular weight excluding hydrogens is 302 g/mol. The third-order valence-electron chi connectivity index (χ3n) is 3.11. The highest BCUT2D eigenvalue weighted by molar-refractivity contribution is 5.68. The summed E-state index contributed by atoms with van der Waals surface area (Å²) in [5, 5.41) is 5.85. The van der Waals surface area contributed by atoms with Crippen LogP contribution < -0.4 is 10.6 Å². The number of carbonyl (C=O) groups excluding carboxylic acids is 1. The summed E-state index contributed by atoms with van der Waals surface area (Å²) in [5.74, 6) is -0.953. The number of benzene rings is 1. The van der Waals surface area contributed by atoms with Gasteiger partial charge < -0.3 is 15.4 Å². The molecule has 2 N–H and O–H groups in total. The van der Waals surface area contributed by atoms with Crippen LogP contribution in [0.3, 0.4) is 0 Å². The zero-order chi connectivity index (χ0) is 17.8. The van der Waals surface area contributed by atoms with Gasteiger partial charge in [-0.05, 0) is 59.7 Å². The van der Waals surface area contributed by atoms with E-state index in [9.17, 15) is 13.6 Å². The third kappa shape index (κ3) is 6.95. The second-order valence-electron chi connectivity index (χ2n) is 7.28. The Morgan fingerprint density at radius 1 is 1.22 bits per heavy atom. The van der Waals surface area contributed by atoms with Gasteiger partial charge in [0.1, 0.15) is 17.2 Å². The van der Waals surface area contributed by atoms with Gasteiger partial charge in [-0.1, -0.05) is 0 Å². The Bertz CT molecular complexity index is 554. The molecule has 130 valence electrons. The minimum atomic E-state index is -0.611. The summed E-state index contributed by atoms with van der Waals surface area (Å²) in [6.45, 7) is 11.1. The Morgan fingerprint density at radius 2 is 1.83 bits per heavy atom. The van der Waals surface area contributed by atoms with Crippen LogP contribution in [0.2, 0.25) is 0 Å². The Kier molecular flexibility index (Phi) is 6.11. The number of hydrogen-bond donors (Lipinski definition) is 2. The van der Waals surface area contributed by atoms with Crippen molar-refractivity contribution >= 4 is 6.09 Å². The van der Waals surface area contributed by atoms with Crippen LogP contribution in [0.25, 0.3) is 0 Å². The van der Waals surface area contributed by atoms with Crippen LogP contribution >= 0.6 is 0 Å². The molecule has 0 saturated carbocycles. The Morgan fingerprint density at radius 3 is 2.39 bits per heavy atom. The van der Waals surface area contributed by atoms with Gasteiger partial charge in [-0.25, -0.2) is 13.6 Å². The number of alkyl carbamates (subject to hydrolysis) is 1. The number of amides is 1. The lowest BCUT2D eigenvalue weighted by Crippen LogP contribution is -2.52. The predicted molar refractivity (Wildman–Crippen MR) is 86.2 cm³/mol. The van der Waals surface area contributed by atoms with Gasteiger partial charge >= 0.3 is 6.09 Å². The predicted octanol–water partition coefficient (Wildman–Crippen LogP) is 3.92. The Balaban J connectivity index is 2.61. The van der Waals surface area contributed by atoms with Crippen LogP contribution in [0.4, 0.5) is 13.6 Å². The molecule has 0 aromatic heterocycles. The second kappa shape index (κ2) is 7.25. The van der Waals surface area contributed by atoms with Gasteiger partial charge in [0.15, 0.2) is 0 Å².